The van der Waals surface area contributed by atoms with Gasteiger partial charge in [0.05, 0.1) is 43.4 Å². The summed E-state index contributed by atoms with van der Waals surface area (Å²) in [5.41, 5.74) is 8.49. The van der Waals surface area contributed by atoms with Crippen LogP contribution >= 0.6 is 0 Å². The SMILES string of the molecule is NC=C(C(=O)Nc1cc2c(cc1N1CCOCC1)OC1(CCOCC1)C2)c1ncccn1. The van der Waals surface area contributed by atoms with Gasteiger partial charge in [-0.05, 0) is 12.1 Å². The minimum absolute atomic E-state index is 0.217. The first-order chi connectivity index (χ1) is 15.7. The maximum Gasteiger partial charge on any atom is 0.261 e. The molecule has 0 saturated carbocycles. The zero-order valence-corrected chi connectivity index (χ0v) is 17.9. The minimum Gasteiger partial charge on any atom is -0.486 e. The average Bonchev–Trinajstić information content (AvgIpc) is 3.16. The van der Waals surface area contributed by atoms with E-state index in [0.29, 0.717) is 26.4 Å². The molecule has 0 bridgehead atoms. The van der Waals surface area contributed by atoms with Crippen LogP contribution in [0.1, 0.15) is 24.2 Å². The number of rotatable bonds is 4. The fourth-order valence-electron chi connectivity index (χ4n) is 4.53. The van der Waals surface area contributed by atoms with Gasteiger partial charge in [0.1, 0.15) is 11.4 Å². The van der Waals surface area contributed by atoms with E-state index in [1.165, 1.54) is 6.20 Å². The number of ether oxygens (including phenoxy) is 3. The summed E-state index contributed by atoms with van der Waals surface area (Å²) in [6.45, 7) is 4.16. The third-order valence-corrected chi connectivity index (χ3v) is 6.24. The van der Waals surface area contributed by atoms with Gasteiger partial charge in [-0.3, -0.25) is 4.79 Å². The van der Waals surface area contributed by atoms with Crippen molar-refractivity contribution in [1.82, 2.24) is 9.97 Å². The summed E-state index contributed by atoms with van der Waals surface area (Å²) in [5, 5.41) is 3.05. The summed E-state index contributed by atoms with van der Waals surface area (Å²) in [7, 11) is 0. The molecule has 1 spiro atoms. The van der Waals surface area contributed by atoms with Crippen LogP contribution in [-0.2, 0) is 20.7 Å². The Hall–Kier alpha value is -3.17. The third-order valence-electron chi connectivity index (χ3n) is 6.24. The van der Waals surface area contributed by atoms with Gasteiger partial charge >= 0.3 is 0 Å². The molecule has 32 heavy (non-hydrogen) atoms. The van der Waals surface area contributed by atoms with E-state index < -0.39 is 0 Å². The third kappa shape index (κ3) is 4.01. The summed E-state index contributed by atoms with van der Waals surface area (Å²) >= 11 is 0. The largest absolute Gasteiger partial charge is 0.486 e. The average molecular weight is 438 g/mol. The van der Waals surface area contributed by atoms with Crippen LogP contribution in [0.4, 0.5) is 11.4 Å². The Balaban J connectivity index is 1.47. The lowest BCUT2D eigenvalue weighted by Crippen LogP contribution is -2.40. The predicted molar refractivity (Wildman–Crippen MR) is 119 cm³/mol. The van der Waals surface area contributed by atoms with Gasteiger partial charge in [0.15, 0.2) is 5.82 Å². The number of hydrogen-bond donors (Lipinski definition) is 2. The zero-order valence-electron chi connectivity index (χ0n) is 17.9. The van der Waals surface area contributed by atoms with E-state index in [0.717, 1.165) is 55.0 Å². The molecular formula is C23H27N5O4. The fraction of sp³-hybridized carbons (Fsp3) is 0.435. The van der Waals surface area contributed by atoms with Gasteiger partial charge in [0, 0.05) is 62.6 Å². The van der Waals surface area contributed by atoms with Crippen molar-refractivity contribution in [2.75, 3.05) is 49.7 Å². The molecular weight excluding hydrogens is 410 g/mol. The molecule has 9 nitrogen and oxygen atoms in total. The molecule has 168 valence electrons. The molecule has 0 atom stereocenters. The number of fused-ring (bicyclic) bond motifs is 1. The highest BCUT2D eigenvalue weighted by Gasteiger charge is 2.41. The Labute approximate surface area is 186 Å². The number of nitrogens with zero attached hydrogens (tertiary/aromatic N) is 3. The van der Waals surface area contributed by atoms with E-state index in [-0.39, 0.29) is 22.9 Å². The van der Waals surface area contributed by atoms with E-state index in [1.807, 2.05) is 12.1 Å². The van der Waals surface area contributed by atoms with Gasteiger partial charge in [-0.1, -0.05) is 0 Å². The normalized spacial score (nSPS) is 20.0. The van der Waals surface area contributed by atoms with Gasteiger partial charge in [0.25, 0.3) is 5.91 Å². The van der Waals surface area contributed by atoms with Crippen LogP contribution in [0.3, 0.4) is 0 Å². The Morgan fingerprint density at radius 3 is 2.53 bits per heavy atom. The molecule has 2 saturated heterocycles. The maximum atomic E-state index is 13.1. The van der Waals surface area contributed by atoms with Crippen LogP contribution in [-0.4, -0.2) is 61.0 Å². The summed E-state index contributed by atoms with van der Waals surface area (Å²) in [4.78, 5) is 23.7. The summed E-state index contributed by atoms with van der Waals surface area (Å²) in [6, 6.07) is 5.77. The molecule has 1 aromatic heterocycles. The van der Waals surface area contributed by atoms with E-state index in [4.69, 9.17) is 19.9 Å². The molecule has 0 radical (unpaired) electrons. The first-order valence-electron chi connectivity index (χ1n) is 10.9. The molecule has 4 heterocycles. The molecule has 3 aliphatic rings. The number of morpholine rings is 1. The number of nitrogens with two attached hydrogens (primary N) is 1. The van der Waals surface area contributed by atoms with Crippen molar-refractivity contribution < 1.29 is 19.0 Å². The summed E-state index contributed by atoms with van der Waals surface area (Å²) < 4.78 is 17.5. The zero-order chi connectivity index (χ0) is 22.0. The van der Waals surface area contributed by atoms with Gasteiger partial charge < -0.3 is 30.2 Å². The highest BCUT2D eigenvalue weighted by atomic mass is 16.5. The molecule has 1 amide bonds. The quantitative estimate of drug-likeness (QED) is 0.696. The maximum absolute atomic E-state index is 13.1. The molecule has 1 aromatic carbocycles. The topological polar surface area (TPSA) is 112 Å². The summed E-state index contributed by atoms with van der Waals surface area (Å²) in [5.74, 6) is 0.811. The van der Waals surface area contributed by atoms with Gasteiger partial charge in [-0.2, -0.15) is 0 Å². The number of carbonyl (C=O) groups is 1. The first kappa shape index (κ1) is 20.7. The molecule has 2 fully saturated rings. The molecule has 5 rings (SSSR count). The van der Waals surface area contributed by atoms with E-state index in [2.05, 4.69) is 20.2 Å². The van der Waals surface area contributed by atoms with Crippen LogP contribution in [0.15, 0.2) is 36.8 Å². The van der Waals surface area contributed by atoms with Crippen LogP contribution in [0, 0.1) is 0 Å². The van der Waals surface area contributed by atoms with Crippen molar-refractivity contribution in [2.24, 2.45) is 5.73 Å². The fourth-order valence-corrected chi connectivity index (χ4v) is 4.53. The number of hydrogen-bond acceptors (Lipinski definition) is 8. The molecule has 0 unspecified atom stereocenters. The highest BCUT2D eigenvalue weighted by molar-refractivity contribution is 6.24. The number of nitrogens with one attached hydrogen (secondary N) is 1. The van der Waals surface area contributed by atoms with Crippen molar-refractivity contribution in [3.63, 3.8) is 0 Å². The smallest absolute Gasteiger partial charge is 0.261 e. The number of anilines is 2. The van der Waals surface area contributed by atoms with E-state index in [1.54, 1.807) is 18.5 Å². The lowest BCUT2D eigenvalue weighted by atomic mass is 9.89. The van der Waals surface area contributed by atoms with Gasteiger partial charge in [-0.15, -0.1) is 0 Å². The Bertz CT molecular complexity index is 1010. The second-order valence-electron chi connectivity index (χ2n) is 8.26. The molecule has 3 N–H and O–H groups in total. The number of amides is 1. The molecule has 0 aliphatic carbocycles. The van der Waals surface area contributed by atoms with Crippen molar-refractivity contribution in [1.29, 1.82) is 0 Å². The number of aromatic nitrogens is 2. The van der Waals surface area contributed by atoms with Crippen molar-refractivity contribution in [3.8, 4) is 5.75 Å². The standard InChI is InChI=1S/C23H27N5O4/c24-15-17(21-25-4-1-5-26-21)22(29)27-18-12-16-14-23(2-8-30-9-3-23)32-20(16)13-19(18)28-6-10-31-11-7-28/h1,4-5,12-13,15H,2-3,6-11,14,24H2,(H,27,29). The first-order valence-corrected chi connectivity index (χ1v) is 10.9. The van der Waals surface area contributed by atoms with Crippen molar-refractivity contribution in [2.45, 2.75) is 24.9 Å². The minimum atomic E-state index is -0.354. The second-order valence-corrected chi connectivity index (χ2v) is 8.26. The second kappa shape index (κ2) is 8.76. The van der Waals surface area contributed by atoms with E-state index in [9.17, 15) is 4.79 Å². The van der Waals surface area contributed by atoms with Gasteiger partial charge in [0.2, 0.25) is 0 Å². The van der Waals surface area contributed by atoms with Crippen molar-refractivity contribution in [3.05, 3.63) is 48.2 Å². The van der Waals surface area contributed by atoms with E-state index >= 15 is 0 Å². The van der Waals surface area contributed by atoms with Crippen LogP contribution in [0.5, 0.6) is 5.75 Å². The number of benzene rings is 1. The number of carbonyl (C=O) groups excluding carboxylic acids is 1. The predicted octanol–water partition coefficient (Wildman–Crippen LogP) is 1.74. The lowest BCUT2D eigenvalue weighted by molar-refractivity contribution is -0.111. The lowest BCUT2D eigenvalue weighted by Gasteiger charge is -2.33. The van der Waals surface area contributed by atoms with Crippen LogP contribution in [0.25, 0.3) is 5.57 Å². The molecule has 3 aliphatic heterocycles. The van der Waals surface area contributed by atoms with Crippen LogP contribution in [0.2, 0.25) is 0 Å². The molecule has 9 heteroatoms. The Kier molecular flexibility index (Phi) is 5.67. The molecule has 2 aromatic rings. The van der Waals surface area contributed by atoms with Crippen molar-refractivity contribution >= 4 is 22.9 Å². The van der Waals surface area contributed by atoms with Crippen LogP contribution < -0.4 is 20.7 Å². The monoisotopic (exact) mass is 437 g/mol. The summed E-state index contributed by atoms with van der Waals surface area (Å²) in [6.07, 6.45) is 6.94. The Morgan fingerprint density at radius 1 is 1.09 bits per heavy atom. The highest BCUT2D eigenvalue weighted by Crippen LogP contribution is 2.45. The Morgan fingerprint density at radius 2 is 1.81 bits per heavy atom. The van der Waals surface area contributed by atoms with Gasteiger partial charge in [-0.25, -0.2) is 9.97 Å².